The molecular weight excluding hydrogens is 532 g/mol. The Bertz CT molecular complexity index is 1890. The molecule has 2 atom stereocenters. The van der Waals surface area contributed by atoms with E-state index >= 15 is 0 Å². The van der Waals surface area contributed by atoms with Crippen molar-refractivity contribution in [2.75, 3.05) is 0 Å². The third-order valence-electron chi connectivity index (χ3n) is 8.61. The lowest BCUT2D eigenvalue weighted by Gasteiger charge is -2.25. The molecule has 42 heavy (non-hydrogen) atoms. The fourth-order valence-electron chi connectivity index (χ4n) is 6.64. The van der Waals surface area contributed by atoms with E-state index in [1.807, 2.05) is 47.9 Å². The maximum Gasteiger partial charge on any atom is 0.251 e. The Labute approximate surface area is 251 Å². The molecule has 0 saturated heterocycles. The van der Waals surface area contributed by atoms with Crippen LogP contribution in [0.15, 0.2) is 97.2 Å². The molecular formula is C38H34N2OS. The van der Waals surface area contributed by atoms with Gasteiger partial charge in [-0.3, -0.25) is 9.78 Å². The summed E-state index contributed by atoms with van der Waals surface area (Å²) in [6.07, 6.45) is 11.6. The first kappa shape index (κ1) is 26.6. The van der Waals surface area contributed by atoms with Gasteiger partial charge in [0.2, 0.25) is 0 Å². The van der Waals surface area contributed by atoms with Crippen molar-refractivity contribution in [3.63, 3.8) is 0 Å². The number of amides is 1. The number of benzene rings is 3. The Morgan fingerprint density at radius 1 is 0.857 bits per heavy atom. The van der Waals surface area contributed by atoms with Crippen LogP contribution in [0, 0.1) is 0 Å². The first-order valence-electron chi connectivity index (χ1n) is 14.9. The van der Waals surface area contributed by atoms with E-state index in [1.165, 1.54) is 53.7 Å². The van der Waals surface area contributed by atoms with Crippen LogP contribution in [-0.2, 0) is 19.3 Å². The zero-order valence-corrected chi connectivity index (χ0v) is 24.7. The number of thiophene rings is 1. The second-order valence-corrected chi connectivity index (χ2v) is 12.7. The molecule has 2 unspecified atom stereocenters. The molecule has 0 fully saturated rings. The highest BCUT2D eigenvalue weighted by Crippen LogP contribution is 2.34. The van der Waals surface area contributed by atoms with E-state index in [2.05, 4.69) is 85.1 Å². The van der Waals surface area contributed by atoms with Gasteiger partial charge in [-0.1, -0.05) is 72.8 Å². The van der Waals surface area contributed by atoms with Crippen LogP contribution in [0.5, 0.6) is 0 Å². The van der Waals surface area contributed by atoms with E-state index in [1.54, 1.807) is 0 Å². The molecule has 7 rings (SSSR count). The third-order valence-corrected chi connectivity index (χ3v) is 9.72. The van der Waals surface area contributed by atoms with Crippen LogP contribution < -0.4 is 15.8 Å². The topological polar surface area (TPSA) is 42.0 Å². The highest BCUT2D eigenvalue weighted by molar-refractivity contribution is 7.12. The zero-order chi connectivity index (χ0) is 28.5. The second kappa shape index (κ2) is 11.5. The molecule has 2 aromatic heterocycles. The Morgan fingerprint density at radius 2 is 1.69 bits per heavy atom. The number of rotatable bonds is 7. The van der Waals surface area contributed by atoms with Gasteiger partial charge in [0.05, 0.1) is 0 Å². The average molecular weight is 567 g/mol. The van der Waals surface area contributed by atoms with Crippen LogP contribution in [0.2, 0.25) is 0 Å². The Morgan fingerprint density at radius 3 is 2.60 bits per heavy atom. The second-order valence-electron chi connectivity index (χ2n) is 11.5. The molecule has 5 aromatic rings. The Balaban J connectivity index is 1.11. The highest BCUT2D eigenvalue weighted by Gasteiger charge is 2.24. The van der Waals surface area contributed by atoms with Crippen LogP contribution in [0.1, 0.15) is 68.2 Å². The van der Waals surface area contributed by atoms with E-state index in [0.29, 0.717) is 11.5 Å². The predicted molar refractivity (Wildman–Crippen MR) is 173 cm³/mol. The summed E-state index contributed by atoms with van der Waals surface area (Å²) in [7, 11) is 0. The first-order chi connectivity index (χ1) is 20.6. The van der Waals surface area contributed by atoms with E-state index in [-0.39, 0.29) is 11.9 Å². The maximum atomic E-state index is 12.6. The Hall–Kier alpha value is -4.28. The summed E-state index contributed by atoms with van der Waals surface area (Å²) in [6, 6.07) is 31.8. The van der Waals surface area contributed by atoms with Crippen molar-refractivity contribution in [1.82, 2.24) is 10.3 Å². The quantitative estimate of drug-likeness (QED) is 0.235. The van der Waals surface area contributed by atoms with Crippen molar-refractivity contribution in [3.8, 4) is 11.1 Å². The van der Waals surface area contributed by atoms with E-state index in [4.69, 9.17) is 4.98 Å². The van der Waals surface area contributed by atoms with Gasteiger partial charge in [-0.15, -0.1) is 11.3 Å². The third kappa shape index (κ3) is 5.23. The van der Waals surface area contributed by atoms with E-state index in [0.717, 1.165) is 32.1 Å². The van der Waals surface area contributed by atoms with Crippen molar-refractivity contribution < 1.29 is 4.79 Å². The lowest BCUT2D eigenvalue weighted by atomic mass is 9.79. The summed E-state index contributed by atoms with van der Waals surface area (Å²) >= 11 is 1.83. The normalized spacial score (nSPS) is 15.8. The van der Waals surface area contributed by atoms with Crippen LogP contribution in [0.3, 0.4) is 0 Å². The largest absolute Gasteiger partial charge is 0.349 e. The van der Waals surface area contributed by atoms with Gasteiger partial charge in [-0.25, -0.2) is 0 Å². The summed E-state index contributed by atoms with van der Waals surface area (Å²) in [5, 5.41) is 5.96. The smallest absolute Gasteiger partial charge is 0.251 e. The molecule has 1 N–H and O–H groups in total. The lowest BCUT2D eigenvalue weighted by Crippen LogP contribution is -2.35. The summed E-state index contributed by atoms with van der Waals surface area (Å²) in [4.78, 5) is 20.1. The van der Waals surface area contributed by atoms with Gasteiger partial charge >= 0.3 is 0 Å². The SMILES string of the molecule is CC(Cc1ccc(Cc2ncccc2C2CCC=c3c2ccc2c3=CCc3ccccc3-2)s1)NC(=O)c1ccccc1. The van der Waals surface area contributed by atoms with Crippen molar-refractivity contribution >= 4 is 29.4 Å². The van der Waals surface area contributed by atoms with Gasteiger partial charge in [0.25, 0.3) is 5.91 Å². The minimum atomic E-state index is -0.0221. The number of pyridine rings is 1. The van der Waals surface area contributed by atoms with Crippen molar-refractivity contribution in [3.05, 3.63) is 145 Å². The summed E-state index contributed by atoms with van der Waals surface area (Å²) in [5.74, 6) is 0.323. The number of hydrogen-bond acceptors (Lipinski definition) is 3. The maximum absolute atomic E-state index is 12.6. The monoisotopic (exact) mass is 566 g/mol. The molecule has 1 amide bonds. The number of hydrogen-bond donors (Lipinski definition) is 1. The number of aromatic nitrogens is 1. The molecule has 0 aliphatic heterocycles. The minimum Gasteiger partial charge on any atom is -0.349 e. The molecule has 2 heterocycles. The van der Waals surface area contributed by atoms with Gasteiger partial charge in [0.1, 0.15) is 0 Å². The van der Waals surface area contributed by atoms with Gasteiger partial charge in [-0.05, 0) is 94.8 Å². The summed E-state index contributed by atoms with van der Waals surface area (Å²) in [5.41, 5.74) is 8.79. The number of nitrogens with one attached hydrogen (secondary N) is 1. The van der Waals surface area contributed by atoms with Gasteiger partial charge in [0, 0.05) is 52.0 Å². The van der Waals surface area contributed by atoms with Crippen molar-refractivity contribution in [2.45, 2.75) is 51.0 Å². The van der Waals surface area contributed by atoms with Crippen LogP contribution in [0.25, 0.3) is 23.3 Å². The van der Waals surface area contributed by atoms with Crippen molar-refractivity contribution in [1.29, 1.82) is 0 Å². The zero-order valence-electron chi connectivity index (χ0n) is 23.8. The van der Waals surface area contributed by atoms with Gasteiger partial charge < -0.3 is 5.32 Å². The molecule has 0 saturated carbocycles. The van der Waals surface area contributed by atoms with Crippen LogP contribution in [-0.4, -0.2) is 16.9 Å². The number of nitrogens with zero attached hydrogens (tertiary/aromatic N) is 1. The molecule has 0 radical (unpaired) electrons. The molecule has 2 aliphatic rings. The molecule has 0 bridgehead atoms. The molecule has 2 aliphatic carbocycles. The Kier molecular flexibility index (Phi) is 7.31. The number of fused-ring (bicyclic) bond motifs is 5. The minimum absolute atomic E-state index is 0.0221. The van der Waals surface area contributed by atoms with Gasteiger partial charge in [0.15, 0.2) is 0 Å². The first-order valence-corrected chi connectivity index (χ1v) is 15.7. The predicted octanol–water partition coefficient (Wildman–Crippen LogP) is 6.80. The fraction of sp³-hybridized carbons (Fsp3) is 0.211. The molecule has 3 aromatic carbocycles. The summed E-state index contributed by atoms with van der Waals surface area (Å²) < 4.78 is 0. The molecule has 0 spiro atoms. The van der Waals surface area contributed by atoms with E-state index < -0.39 is 0 Å². The fourth-order valence-corrected chi connectivity index (χ4v) is 7.79. The van der Waals surface area contributed by atoms with Crippen molar-refractivity contribution in [2.24, 2.45) is 0 Å². The lowest BCUT2D eigenvalue weighted by molar-refractivity contribution is 0.0940. The van der Waals surface area contributed by atoms with Crippen LogP contribution >= 0.6 is 11.3 Å². The summed E-state index contributed by atoms with van der Waals surface area (Å²) in [6.45, 7) is 2.07. The molecule has 208 valence electrons. The average Bonchev–Trinajstić information content (AvgIpc) is 3.47. The number of carbonyl (C=O) groups excluding carboxylic acids is 1. The highest BCUT2D eigenvalue weighted by atomic mass is 32.1. The number of carbonyl (C=O) groups is 1. The van der Waals surface area contributed by atoms with Gasteiger partial charge in [-0.2, -0.15) is 0 Å². The standard InChI is InChI=1S/C38H34N2OS/c1-25(40-38(41)27-10-3-2-4-11-27)23-28-17-18-29(42-28)24-37-36(15-8-22-39-37)32-14-7-13-31-34-19-16-26-9-5-6-12-30(26)33(34)20-21-35(31)32/h2-6,8-13,15,17-22,25,32H,7,14,16,23-24H2,1H3,(H,40,41). The molecule has 4 heteroatoms. The molecule has 3 nitrogen and oxygen atoms in total. The van der Waals surface area contributed by atoms with E-state index in [9.17, 15) is 4.79 Å². The van der Waals surface area contributed by atoms with Crippen LogP contribution in [0.4, 0.5) is 0 Å².